The Morgan fingerprint density at radius 1 is 0.765 bits per heavy atom. The van der Waals surface area contributed by atoms with E-state index in [9.17, 15) is 0 Å². The molecule has 2 aliphatic carbocycles. The first-order valence-corrected chi connectivity index (χ1v) is 12.3. The van der Waals surface area contributed by atoms with E-state index in [1.165, 1.54) is 72.2 Å². The molecule has 1 aromatic heterocycles. The lowest BCUT2D eigenvalue weighted by molar-refractivity contribution is 0.925. The number of hydrogen-bond acceptors (Lipinski definition) is 0. The summed E-state index contributed by atoms with van der Waals surface area (Å²) in [5.74, 6) is 0.314. The molecule has 5 aromatic rings. The predicted octanol–water partition coefficient (Wildman–Crippen LogP) is 8.90. The van der Waals surface area contributed by atoms with Crippen molar-refractivity contribution in [3.8, 4) is 33.4 Å². The van der Waals surface area contributed by atoms with Gasteiger partial charge in [0.25, 0.3) is 0 Å². The molecule has 0 radical (unpaired) electrons. The highest BCUT2D eigenvalue weighted by Gasteiger charge is 2.27. The fourth-order valence-electron chi connectivity index (χ4n) is 6.21. The van der Waals surface area contributed by atoms with Crippen molar-refractivity contribution in [3.05, 3.63) is 113 Å². The highest BCUT2D eigenvalue weighted by Crippen LogP contribution is 2.49. The number of hydrogen-bond donors (Lipinski definition) is 1. The van der Waals surface area contributed by atoms with E-state index in [0.717, 1.165) is 12.8 Å². The molecule has 0 saturated carbocycles. The van der Waals surface area contributed by atoms with Crippen molar-refractivity contribution in [2.24, 2.45) is 0 Å². The topological polar surface area (TPSA) is 15.8 Å². The van der Waals surface area contributed by atoms with Gasteiger partial charge in [-0.05, 0) is 82.0 Å². The highest BCUT2D eigenvalue weighted by atomic mass is 14.7. The zero-order valence-corrected chi connectivity index (χ0v) is 19.7. The van der Waals surface area contributed by atoms with Crippen LogP contribution in [0.15, 0.2) is 84.9 Å². The van der Waals surface area contributed by atoms with Crippen LogP contribution in [0, 0.1) is 6.92 Å². The van der Waals surface area contributed by atoms with Gasteiger partial charge in [0.1, 0.15) is 0 Å². The van der Waals surface area contributed by atoms with Gasteiger partial charge >= 0.3 is 0 Å². The van der Waals surface area contributed by atoms with Crippen LogP contribution in [0.2, 0.25) is 0 Å². The van der Waals surface area contributed by atoms with Gasteiger partial charge in [0, 0.05) is 28.1 Å². The van der Waals surface area contributed by atoms with E-state index in [0.29, 0.717) is 5.92 Å². The number of H-pyrrole nitrogens is 1. The number of fused-ring (bicyclic) bond motifs is 10. The second kappa shape index (κ2) is 7.33. The van der Waals surface area contributed by atoms with Crippen LogP contribution in [0.5, 0.6) is 0 Å². The van der Waals surface area contributed by atoms with Crippen molar-refractivity contribution >= 4 is 17.0 Å². The van der Waals surface area contributed by atoms with Gasteiger partial charge in [-0.3, -0.25) is 0 Å². The summed E-state index contributed by atoms with van der Waals surface area (Å²) in [6.07, 6.45) is 6.85. The van der Waals surface area contributed by atoms with Gasteiger partial charge < -0.3 is 4.98 Å². The summed E-state index contributed by atoms with van der Waals surface area (Å²) in [7, 11) is 0. The van der Waals surface area contributed by atoms with Crippen LogP contribution >= 0.6 is 0 Å². The van der Waals surface area contributed by atoms with Crippen molar-refractivity contribution in [1.29, 1.82) is 0 Å². The van der Waals surface area contributed by atoms with Gasteiger partial charge in [-0.15, -0.1) is 0 Å². The molecule has 7 rings (SSSR count). The van der Waals surface area contributed by atoms with E-state index >= 15 is 0 Å². The van der Waals surface area contributed by atoms with Crippen LogP contribution in [0.25, 0.3) is 50.4 Å². The van der Waals surface area contributed by atoms with Crippen molar-refractivity contribution in [2.75, 3.05) is 0 Å². The smallest absolute Gasteiger partial charge is 0.0475 e. The van der Waals surface area contributed by atoms with E-state index in [-0.39, 0.29) is 0 Å². The Labute approximate surface area is 200 Å². The Hall–Kier alpha value is -3.84. The molecule has 2 aliphatic rings. The average Bonchev–Trinajstić information content (AvgIpc) is 3.26. The molecule has 0 saturated heterocycles. The molecule has 1 heteroatoms. The number of benzene rings is 4. The normalized spacial score (nSPS) is 15.9. The summed E-state index contributed by atoms with van der Waals surface area (Å²) in [5.41, 5.74) is 16.2. The first-order chi connectivity index (χ1) is 16.7. The predicted molar refractivity (Wildman–Crippen MR) is 144 cm³/mol. The summed E-state index contributed by atoms with van der Waals surface area (Å²) >= 11 is 0. The van der Waals surface area contributed by atoms with Crippen molar-refractivity contribution in [2.45, 2.75) is 32.6 Å². The first kappa shape index (κ1) is 19.6. The third-order valence-electron chi connectivity index (χ3n) is 7.93. The second-order valence-electron chi connectivity index (χ2n) is 9.78. The lowest BCUT2D eigenvalue weighted by atomic mass is 9.76. The second-order valence-corrected chi connectivity index (χ2v) is 9.78. The lowest BCUT2D eigenvalue weighted by Gasteiger charge is -2.27. The molecule has 34 heavy (non-hydrogen) atoms. The molecule has 4 aromatic carbocycles. The van der Waals surface area contributed by atoms with Gasteiger partial charge in [0.05, 0.1) is 0 Å². The van der Waals surface area contributed by atoms with Crippen molar-refractivity contribution in [1.82, 2.24) is 4.98 Å². The molecule has 2 bridgehead atoms. The third kappa shape index (κ3) is 2.73. The molecule has 1 atom stereocenters. The largest absolute Gasteiger partial charge is 0.358 e. The number of aromatic nitrogens is 1. The molecular weight excluding hydrogens is 410 g/mol. The maximum absolute atomic E-state index is 3.81. The summed E-state index contributed by atoms with van der Waals surface area (Å²) in [4.78, 5) is 3.81. The van der Waals surface area contributed by atoms with Crippen molar-refractivity contribution in [3.63, 3.8) is 0 Å². The highest BCUT2D eigenvalue weighted by molar-refractivity contribution is 6.08. The van der Waals surface area contributed by atoms with Gasteiger partial charge in [-0.2, -0.15) is 0 Å². The van der Waals surface area contributed by atoms with Crippen LogP contribution < -0.4 is 0 Å². The van der Waals surface area contributed by atoms with E-state index < -0.39 is 0 Å². The van der Waals surface area contributed by atoms with Gasteiger partial charge in [-0.25, -0.2) is 0 Å². The molecule has 1 N–H and O–H groups in total. The van der Waals surface area contributed by atoms with Gasteiger partial charge in [0.15, 0.2) is 0 Å². The van der Waals surface area contributed by atoms with E-state index in [1.807, 2.05) is 0 Å². The molecule has 164 valence electrons. The molecule has 1 nitrogen and oxygen atoms in total. The minimum atomic E-state index is 0.314. The molecule has 0 amide bonds. The Morgan fingerprint density at radius 3 is 2.44 bits per heavy atom. The quantitative estimate of drug-likeness (QED) is 0.269. The van der Waals surface area contributed by atoms with Crippen LogP contribution in [0.1, 0.15) is 47.2 Å². The summed E-state index contributed by atoms with van der Waals surface area (Å²) in [6.45, 7) is 4.69. The molecular formula is C33H27N. The molecule has 0 fully saturated rings. The van der Waals surface area contributed by atoms with E-state index in [1.54, 1.807) is 0 Å². The van der Waals surface area contributed by atoms with Crippen LogP contribution in [-0.2, 0) is 6.42 Å². The maximum atomic E-state index is 3.81. The zero-order valence-electron chi connectivity index (χ0n) is 19.7. The van der Waals surface area contributed by atoms with E-state index in [2.05, 4.69) is 110 Å². The standard InChI is InChI=1S/C33H27N/c1-20-24-12-6-7-13-26(24)32-21(2)28(19-31-33(32)27-14-8-9-15-30(27)34-31)29-18-23(16-17-25(20)29)22-10-4-3-5-11-22/h3-8,10-14,16-20,34H,9,15H2,1-2H3. The number of aryl methyl sites for hydroxylation is 1. The minimum absolute atomic E-state index is 0.314. The number of nitrogens with one attached hydrogen (secondary N) is 1. The minimum Gasteiger partial charge on any atom is -0.358 e. The summed E-state index contributed by atoms with van der Waals surface area (Å²) in [6, 6.07) is 29.3. The van der Waals surface area contributed by atoms with Gasteiger partial charge in [0.2, 0.25) is 0 Å². The molecule has 1 unspecified atom stereocenters. The van der Waals surface area contributed by atoms with Gasteiger partial charge in [-0.1, -0.05) is 85.8 Å². The Kier molecular flexibility index (Phi) is 4.23. The molecule has 1 heterocycles. The zero-order chi connectivity index (χ0) is 22.8. The van der Waals surface area contributed by atoms with E-state index in [4.69, 9.17) is 0 Å². The average molecular weight is 438 g/mol. The van der Waals surface area contributed by atoms with Crippen LogP contribution in [-0.4, -0.2) is 4.98 Å². The Balaban J connectivity index is 1.62. The SMILES string of the molecule is Cc1c2cc3[nH]c4c(c3c1-c1ccccc1C(C)c1ccc(-c3ccccc3)cc1-2)C=CCC4. The summed E-state index contributed by atoms with van der Waals surface area (Å²) < 4.78 is 0. The monoisotopic (exact) mass is 437 g/mol. The summed E-state index contributed by atoms with van der Waals surface area (Å²) in [5, 5.41) is 1.38. The maximum Gasteiger partial charge on any atom is 0.0475 e. The third-order valence-corrected chi connectivity index (χ3v) is 7.93. The number of aromatic amines is 1. The fraction of sp³-hybridized carbons (Fsp3) is 0.152. The van der Waals surface area contributed by atoms with Crippen LogP contribution in [0.3, 0.4) is 0 Å². The fourth-order valence-corrected chi connectivity index (χ4v) is 6.21. The molecule has 0 aliphatic heterocycles. The first-order valence-electron chi connectivity index (χ1n) is 12.3. The Bertz CT molecular complexity index is 1610. The molecule has 0 spiro atoms. The lowest BCUT2D eigenvalue weighted by Crippen LogP contribution is -2.06. The number of rotatable bonds is 1. The van der Waals surface area contributed by atoms with Crippen LogP contribution in [0.4, 0.5) is 0 Å². The Morgan fingerprint density at radius 2 is 1.56 bits per heavy atom. The number of allylic oxidation sites excluding steroid dienone is 1. The van der Waals surface area contributed by atoms with Crippen molar-refractivity contribution < 1.29 is 0 Å².